The van der Waals surface area contributed by atoms with E-state index in [1.54, 1.807) is 0 Å². The normalized spacial score (nSPS) is 27.9. The third-order valence-electron chi connectivity index (χ3n) is 3.18. The van der Waals surface area contributed by atoms with Gasteiger partial charge in [-0.3, -0.25) is 0 Å². The fourth-order valence-corrected chi connectivity index (χ4v) is 2.12. The van der Waals surface area contributed by atoms with E-state index in [1.807, 2.05) is 13.8 Å². The van der Waals surface area contributed by atoms with Gasteiger partial charge in [0.25, 0.3) is 0 Å². The first kappa shape index (κ1) is 9.71. The van der Waals surface area contributed by atoms with Crippen molar-refractivity contribution in [2.24, 2.45) is 5.73 Å². The molecular weight excluding hydrogens is 176 g/mol. The Labute approximate surface area is 84.7 Å². The Kier molecular flexibility index (Phi) is 2.59. The minimum atomic E-state index is 0.237. The van der Waals surface area contributed by atoms with E-state index in [0.717, 1.165) is 30.2 Å². The van der Waals surface area contributed by atoms with Crippen molar-refractivity contribution in [1.82, 2.24) is 4.98 Å². The Morgan fingerprint density at radius 2 is 2.00 bits per heavy atom. The molecule has 1 fully saturated rings. The second-order valence-corrected chi connectivity index (χ2v) is 4.25. The minimum absolute atomic E-state index is 0.237. The first-order valence-corrected chi connectivity index (χ1v) is 5.38. The third kappa shape index (κ3) is 1.69. The predicted octanol–water partition coefficient (Wildman–Crippen LogP) is 2.28. The first-order valence-electron chi connectivity index (χ1n) is 5.38. The highest BCUT2D eigenvalue weighted by molar-refractivity contribution is 5.10. The van der Waals surface area contributed by atoms with Crippen LogP contribution in [0.3, 0.4) is 0 Å². The monoisotopic (exact) mass is 194 g/mol. The molecule has 78 valence electrons. The quantitative estimate of drug-likeness (QED) is 0.746. The van der Waals surface area contributed by atoms with Crippen LogP contribution in [-0.2, 0) is 0 Å². The molecule has 1 aromatic heterocycles. The lowest BCUT2D eigenvalue weighted by atomic mass is 9.85. The Bertz CT molecular complexity index is 300. The second-order valence-electron chi connectivity index (χ2n) is 4.25. The molecule has 0 saturated heterocycles. The highest BCUT2D eigenvalue weighted by Crippen LogP contribution is 2.32. The molecule has 1 heterocycles. The molecule has 2 N–H and O–H groups in total. The number of nitrogens with zero attached hydrogens (tertiary/aromatic N) is 1. The van der Waals surface area contributed by atoms with E-state index in [2.05, 4.69) is 4.98 Å². The predicted molar refractivity (Wildman–Crippen MR) is 55.2 cm³/mol. The molecule has 3 heteroatoms. The molecule has 1 aliphatic carbocycles. The molecule has 1 saturated carbocycles. The summed E-state index contributed by atoms with van der Waals surface area (Å²) in [6, 6.07) is 0.237. The standard InChI is InChI=1S/C11H18N2O/c1-7-8(2)14-11(13-7)9-5-3-4-6-10(9)12/h9-10H,3-6,12H2,1-2H3. The topological polar surface area (TPSA) is 52.0 Å². The molecule has 0 bridgehead atoms. The maximum Gasteiger partial charge on any atom is 0.199 e. The smallest absolute Gasteiger partial charge is 0.199 e. The summed E-state index contributed by atoms with van der Waals surface area (Å²) in [4.78, 5) is 4.44. The van der Waals surface area contributed by atoms with Crippen molar-refractivity contribution < 1.29 is 4.42 Å². The van der Waals surface area contributed by atoms with Gasteiger partial charge in [0, 0.05) is 6.04 Å². The van der Waals surface area contributed by atoms with Crippen LogP contribution < -0.4 is 5.73 Å². The van der Waals surface area contributed by atoms with E-state index in [-0.39, 0.29) is 6.04 Å². The number of hydrogen-bond donors (Lipinski definition) is 1. The van der Waals surface area contributed by atoms with Crippen molar-refractivity contribution in [3.63, 3.8) is 0 Å². The SMILES string of the molecule is Cc1nc(C2CCCCC2N)oc1C. The molecule has 1 aromatic rings. The molecule has 2 unspecified atom stereocenters. The molecular formula is C11H18N2O. The lowest BCUT2D eigenvalue weighted by Gasteiger charge is -2.25. The van der Waals surface area contributed by atoms with E-state index in [0.29, 0.717) is 5.92 Å². The number of aromatic nitrogens is 1. The van der Waals surface area contributed by atoms with Crippen LogP contribution in [0.2, 0.25) is 0 Å². The summed E-state index contributed by atoms with van der Waals surface area (Å²) in [5.41, 5.74) is 7.07. The summed E-state index contributed by atoms with van der Waals surface area (Å²) < 4.78 is 5.63. The molecule has 14 heavy (non-hydrogen) atoms. The number of rotatable bonds is 1. The van der Waals surface area contributed by atoms with Gasteiger partial charge in [-0.1, -0.05) is 12.8 Å². The highest BCUT2D eigenvalue weighted by atomic mass is 16.4. The van der Waals surface area contributed by atoms with Gasteiger partial charge < -0.3 is 10.2 Å². The third-order valence-corrected chi connectivity index (χ3v) is 3.18. The van der Waals surface area contributed by atoms with Crippen LogP contribution in [0.5, 0.6) is 0 Å². The van der Waals surface area contributed by atoms with E-state index < -0.39 is 0 Å². The summed E-state index contributed by atoms with van der Waals surface area (Å²) in [5, 5.41) is 0. The van der Waals surface area contributed by atoms with Gasteiger partial charge in [0.2, 0.25) is 0 Å². The van der Waals surface area contributed by atoms with Crippen LogP contribution >= 0.6 is 0 Å². The summed E-state index contributed by atoms with van der Waals surface area (Å²) in [6.07, 6.45) is 4.72. The van der Waals surface area contributed by atoms with Crippen molar-refractivity contribution in [3.05, 3.63) is 17.3 Å². The number of hydrogen-bond acceptors (Lipinski definition) is 3. The van der Waals surface area contributed by atoms with Crippen LogP contribution in [0.1, 0.15) is 48.9 Å². The van der Waals surface area contributed by atoms with Gasteiger partial charge in [-0.05, 0) is 26.7 Å². The second kappa shape index (κ2) is 3.73. The fraction of sp³-hybridized carbons (Fsp3) is 0.727. The fourth-order valence-electron chi connectivity index (χ4n) is 2.12. The van der Waals surface area contributed by atoms with Gasteiger partial charge in [0.05, 0.1) is 11.6 Å². The van der Waals surface area contributed by atoms with Gasteiger partial charge >= 0.3 is 0 Å². The van der Waals surface area contributed by atoms with Crippen molar-refractivity contribution in [2.45, 2.75) is 51.5 Å². The van der Waals surface area contributed by atoms with E-state index >= 15 is 0 Å². The Balaban J connectivity index is 2.20. The first-order chi connectivity index (χ1) is 6.68. The van der Waals surface area contributed by atoms with E-state index in [4.69, 9.17) is 10.2 Å². The Hall–Kier alpha value is -0.830. The maximum absolute atomic E-state index is 6.07. The van der Waals surface area contributed by atoms with Gasteiger partial charge in [0.1, 0.15) is 5.76 Å². The number of oxazole rings is 1. The summed E-state index contributed by atoms with van der Waals surface area (Å²) >= 11 is 0. The summed E-state index contributed by atoms with van der Waals surface area (Å²) in [6.45, 7) is 3.94. The zero-order chi connectivity index (χ0) is 10.1. The van der Waals surface area contributed by atoms with Gasteiger partial charge in [0.15, 0.2) is 5.89 Å². The van der Waals surface area contributed by atoms with Crippen LogP contribution in [0.15, 0.2) is 4.42 Å². The molecule has 0 amide bonds. The molecule has 0 aliphatic heterocycles. The summed E-state index contributed by atoms with van der Waals surface area (Å²) in [7, 11) is 0. The molecule has 2 rings (SSSR count). The van der Waals surface area contributed by atoms with Gasteiger partial charge in [-0.15, -0.1) is 0 Å². The number of aryl methyl sites for hydroxylation is 2. The van der Waals surface area contributed by atoms with Gasteiger partial charge in [-0.2, -0.15) is 0 Å². The maximum atomic E-state index is 6.07. The van der Waals surface area contributed by atoms with E-state index in [9.17, 15) is 0 Å². The van der Waals surface area contributed by atoms with Crippen molar-refractivity contribution in [2.75, 3.05) is 0 Å². The Morgan fingerprint density at radius 1 is 1.29 bits per heavy atom. The van der Waals surface area contributed by atoms with Crippen LogP contribution in [-0.4, -0.2) is 11.0 Å². The lowest BCUT2D eigenvalue weighted by molar-refractivity contribution is 0.321. The van der Waals surface area contributed by atoms with E-state index in [1.165, 1.54) is 12.8 Å². The molecule has 3 nitrogen and oxygen atoms in total. The van der Waals surface area contributed by atoms with Crippen LogP contribution in [0.4, 0.5) is 0 Å². The van der Waals surface area contributed by atoms with Crippen molar-refractivity contribution in [1.29, 1.82) is 0 Å². The van der Waals surface area contributed by atoms with Crippen LogP contribution in [0, 0.1) is 13.8 Å². The van der Waals surface area contributed by atoms with Crippen molar-refractivity contribution >= 4 is 0 Å². The number of nitrogens with two attached hydrogens (primary N) is 1. The lowest BCUT2D eigenvalue weighted by Crippen LogP contribution is -2.31. The zero-order valence-electron chi connectivity index (χ0n) is 8.92. The summed E-state index contributed by atoms with van der Waals surface area (Å²) in [5.74, 6) is 2.13. The molecule has 0 aromatic carbocycles. The van der Waals surface area contributed by atoms with Crippen molar-refractivity contribution in [3.8, 4) is 0 Å². The average molecular weight is 194 g/mol. The molecule has 1 aliphatic rings. The van der Waals surface area contributed by atoms with Gasteiger partial charge in [-0.25, -0.2) is 4.98 Å². The molecule has 0 spiro atoms. The minimum Gasteiger partial charge on any atom is -0.445 e. The molecule has 0 radical (unpaired) electrons. The molecule has 2 atom stereocenters. The Morgan fingerprint density at radius 3 is 2.57 bits per heavy atom. The average Bonchev–Trinajstić information content (AvgIpc) is 2.48. The largest absolute Gasteiger partial charge is 0.445 e. The van der Waals surface area contributed by atoms with Crippen LogP contribution in [0.25, 0.3) is 0 Å². The highest BCUT2D eigenvalue weighted by Gasteiger charge is 2.27. The zero-order valence-corrected chi connectivity index (χ0v) is 8.92.